The second-order valence-electron chi connectivity index (χ2n) is 7.10. The lowest BCUT2D eigenvalue weighted by Gasteiger charge is -2.38. The number of nitrogens with zero attached hydrogens (tertiary/aromatic N) is 2. The number of carbonyl (C=O) groups excluding carboxylic acids is 1. The number of carbonyl (C=O) groups is 1. The maximum Gasteiger partial charge on any atom is 0.150 e. The van der Waals surface area contributed by atoms with Gasteiger partial charge in [-0.3, -0.25) is 4.79 Å². The van der Waals surface area contributed by atoms with E-state index in [1.165, 1.54) is 5.56 Å². The molecule has 27 heavy (non-hydrogen) atoms. The molecule has 2 aromatic carbocycles. The molecule has 0 radical (unpaired) electrons. The third-order valence-corrected chi connectivity index (χ3v) is 5.11. The van der Waals surface area contributed by atoms with Crippen molar-refractivity contribution in [3.05, 3.63) is 65.2 Å². The number of nitriles is 1. The van der Waals surface area contributed by atoms with Gasteiger partial charge in [-0.25, -0.2) is 0 Å². The van der Waals surface area contributed by atoms with E-state index in [1.807, 2.05) is 24.3 Å². The first-order chi connectivity index (χ1) is 13.1. The highest BCUT2D eigenvalue weighted by atomic mass is 16.5. The molecular formula is C22H24N2O3. The number of benzene rings is 2. The van der Waals surface area contributed by atoms with Gasteiger partial charge in [-0.1, -0.05) is 12.1 Å². The Balaban J connectivity index is 1.42. The molecule has 1 heterocycles. The fourth-order valence-corrected chi connectivity index (χ4v) is 3.23. The molecule has 1 aliphatic heterocycles. The van der Waals surface area contributed by atoms with Crippen LogP contribution < -0.4 is 4.74 Å². The van der Waals surface area contributed by atoms with Gasteiger partial charge in [0.25, 0.3) is 0 Å². The lowest BCUT2D eigenvalue weighted by molar-refractivity contribution is -0.0521. The van der Waals surface area contributed by atoms with E-state index in [0.29, 0.717) is 29.7 Å². The van der Waals surface area contributed by atoms with Crippen molar-refractivity contribution in [2.45, 2.75) is 24.9 Å². The minimum Gasteiger partial charge on any atom is -0.491 e. The molecule has 1 saturated heterocycles. The van der Waals surface area contributed by atoms with Crippen LogP contribution in [0.1, 0.15) is 34.3 Å². The Morgan fingerprint density at radius 2 is 1.78 bits per heavy atom. The number of rotatable bonds is 7. The molecule has 1 fully saturated rings. The summed E-state index contributed by atoms with van der Waals surface area (Å²) in [4.78, 5) is 13.0. The summed E-state index contributed by atoms with van der Waals surface area (Å²) in [6.45, 7) is 2.87. The Labute approximate surface area is 159 Å². The molecular weight excluding hydrogens is 340 g/mol. The Kier molecular flexibility index (Phi) is 6.23. The van der Waals surface area contributed by atoms with E-state index in [1.54, 1.807) is 24.3 Å². The summed E-state index contributed by atoms with van der Waals surface area (Å²) < 4.78 is 5.72. The minimum atomic E-state index is -0.811. The molecule has 0 unspecified atom stereocenters. The Bertz CT molecular complexity index is 786. The van der Waals surface area contributed by atoms with Crippen molar-refractivity contribution in [1.82, 2.24) is 4.90 Å². The summed E-state index contributed by atoms with van der Waals surface area (Å²) in [6, 6.07) is 16.8. The van der Waals surface area contributed by atoms with Crippen LogP contribution in [0.25, 0.3) is 0 Å². The van der Waals surface area contributed by atoms with Crippen LogP contribution in [0.2, 0.25) is 0 Å². The Morgan fingerprint density at radius 1 is 1.11 bits per heavy atom. The van der Waals surface area contributed by atoms with Gasteiger partial charge in [-0.15, -0.1) is 0 Å². The molecule has 2 aromatic rings. The number of aldehydes is 1. The van der Waals surface area contributed by atoms with Crippen molar-refractivity contribution < 1.29 is 14.6 Å². The van der Waals surface area contributed by atoms with E-state index < -0.39 is 5.60 Å². The Morgan fingerprint density at radius 3 is 2.37 bits per heavy atom. The third kappa shape index (κ3) is 5.40. The van der Waals surface area contributed by atoms with Crippen LogP contribution >= 0.6 is 0 Å². The molecule has 0 aromatic heterocycles. The number of likely N-dealkylation sites (tertiary alicyclic amines) is 1. The Hall–Kier alpha value is -2.68. The molecule has 1 aliphatic rings. The van der Waals surface area contributed by atoms with Crippen molar-refractivity contribution >= 4 is 6.29 Å². The average Bonchev–Trinajstić information content (AvgIpc) is 2.73. The van der Waals surface area contributed by atoms with Crippen LogP contribution in [0.15, 0.2) is 48.5 Å². The van der Waals surface area contributed by atoms with Crippen molar-refractivity contribution in [1.29, 1.82) is 5.26 Å². The number of piperidine rings is 1. The summed E-state index contributed by atoms with van der Waals surface area (Å²) in [6.07, 6.45) is 3.08. The zero-order valence-electron chi connectivity index (χ0n) is 15.3. The highest BCUT2D eigenvalue weighted by molar-refractivity contribution is 5.74. The van der Waals surface area contributed by atoms with E-state index in [4.69, 9.17) is 10.00 Å². The predicted molar refractivity (Wildman–Crippen MR) is 103 cm³/mol. The van der Waals surface area contributed by atoms with E-state index >= 15 is 0 Å². The molecule has 140 valence electrons. The summed E-state index contributed by atoms with van der Waals surface area (Å²) in [5.41, 5.74) is 1.70. The lowest BCUT2D eigenvalue weighted by Crippen LogP contribution is -2.48. The third-order valence-electron chi connectivity index (χ3n) is 5.11. The predicted octanol–water partition coefficient (Wildman–Crippen LogP) is 2.82. The summed E-state index contributed by atoms with van der Waals surface area (Å²) in [5, 5.41) is 19.6. The molecule has 0 amide bonds. The molecule has 3 rings (SSSR count). The second kappa shape index (κ2) is 8.81. The maximum absolute atomic E-state index is 10.8. The molecule has 0 aliphatic carbocycles. The van der Waals surface area contributed by atoms with Crippen LogP contribution in [0.5, 0.6) is 5.75 Å². The lowest BCUT2D eigenvalue weighted by atomic mass is 9.92. The molecule has 5 nitrogen and oxygen atoms in total. The average molecular weight is 364 g/mol. The van der Waals surface area contributed by atoms with Gasteiger partial charge in [0.2, 0.25) is 0 Å². The normalized spacial score (nSPS) is 16.4. The summed E-state index contributed by atoms with van der Waals surface area (Å²) in [7, 11) is 0. The SMILES string of the molecule is N#Cc1ccc(CCN2CCC(O)(COc3ccc(C=O)cc3)CC2)cc1. The first kappa shape index (κ1) is 19.1. The number of hydrogen-bond acceptors (Lipinski definition) is 5. The van der Waals surface area contributed by atoms with Crippen molar-refractivity contribution in [3.8, 4) is 11.8 Å². The van der Waals surface area contributed by atoms with Crippen molar-refractivity contribution in [2.24, 2.45) is 0 Å². The van der Waals surface area contributed by atoms with Crippen LogP contribution in [-0.4, -0.2) is 48.1 Å². The van der Waals surface area contributed by atoms with Crippen LogP contribution in [0.4, 0.5) is 0 Å². The first-order valence-corrected chi connectivity index (χ1v) is 9.22. The van der Waals surface area contributed by atoms with Crippen LogP contribution in [0.3, 0.4) is 0 Å². The fourth-order valence-electron chi connectivity index (χ4n) is 3.23. The van der Waals surface area contributed by atoms with Crippen molar-refractivity contribution in [3.63, 3.8) is 0 Å². The van der Waals surface area contributed by atoms with Crippen molar-refractivity contribution in [2.75, 3.05) is 26.2 Å². The zero-order chi connectivity index (χ0) is 19.1. The molecule has 0 atom stereocenters. The van der Waals surface area contributed by atoms with Gasteiger partial charge >= 0.3 is 0 Å². The van der Waals surface area contributed by atoms with E-state index in [9.17, 15) is 9.90 Å². The number of hydrogen-bond donors (Lipinski definition) is 1. The summed E-state index contributed by atoms with van der Waals surface area (Å²) in [5.74, 6) is 0.664. The van der Waals surface area contributed by atoms with Gasteiger partial charge in [-0.05, 0) is 61.2 Å². The van der Waals surface area contributed by atoms with Gasteiger partial charge < -0.3 is 14.7 Å². The molecule has 1 N–H and O–H groups in total. The molecule has 0 bridgehead atoms. The van der Waals surface area contributed by atoms with E-state index in [-0.39, 0.29) is 6.61 Å². The maximum atomic E-state index is 10.8. The first-order valence-electron chi connectivity index (χ1n) is 9.22. The fraction of sp³-hybridized carbons (Fsp3) is 0.364. The number of ether oxygens (including phenoxy) is 1. The molecule has 0 saturated carbocycles. The summed E-state index contributed by atoms with van der Waals surface area (Å²) >= 11 is 0. The van der Waals surface area contributed by atoms with E-state index in [0.717, 1.165) is 32.3 Å². The second-order valence-corrected chi connectivity index (χ2v) is 7.10. The van der Waals surface area contributed by atoms with Gasteiger partial charge in [0.1, 0.15) is 24.2 Å². The van der Waals surface area contributed by atoms with Crippen LogP contribution in [-0.2, 0) is 6.42 Å². The highest BCUT2D eigenvalue weighted by Gasteiger charge is 2.33. The monoisotopic (exact) mass is 364 g/mol. The quantitative estimate of drug-likeness (QED) is 0.765. The van der Waals surface area contributed by atoms with Gasteiger partial charge in [0.05, 0.1) is 11.6 Å². The topological polar surface area (TPSA) is 73.6 Å². The number of aliphatic hydroxyl groups is 1. The molecule has 0 spiro atoms. The van der Waals surface area contributed by atoms with Gasteiger partial charge in [-0.2, -0.15) is 5.26 Å². The van der Waals surface area contributed by atoms with Crippen LogP contribution in [0, 0.1) is 11.3 Å². The van der Waals surface area contributed by atoms with E-state index in [2.05, 4.69) is 11.0 Å². The smallest absolute Gasteiger partial charge is 0.150 e. The standard InChI is InChI=1S/C22H24N2O3/c23-15-19-3-1-18(2-4-19)9-12-24-13-10-22(26,11-14-24)17-27-21-7-5-20(16-25)6-8-21/h1-8,16,26H,9-14,17H2. The largest absolute Gasteiger partial charge is 0.491 e. The molecule has 5 heteroatoms. The van der Waals surface area contributed by atoms with Gasteiger partial charge in [0, 0.05) is 25.2 Å². The van der Waals surface area contributed by atoms with Gasteiger partial charge in [0.15, 0.2) is 0 Å². The minimum absolute atomic E-state index is 0.261. The zero-order valence-corrected chi connectivity index (χ0v) is 15.3. The highest BCUT2D eigenvalue weighted by Crippen LogP contribution is 2.24.